The number of hydrogen-bond acceptors (Lipinski definition) is 3. The summed E-state index contributed by atoms with van der Waals surface area (Å²) in [5, 5.41) is 1.10. The molecule has 7 heteroatoms. The van der Waals surface area contributed by atoms with Gasteiger partial charge in [-0.1, -0.05) is 34.8 Å². The van der Waals surface area contributed by atoms with E-state index in [1.54, 1.807) is 30.3 Å². The maximum atomic E-state index is 12.9. The van der Waals surface area contributed by atoms with Crippen molar-refractivity contribution in [1.29, 1.82) is 0 Å². The van der Waals surface area contributed by atoms with Crippen LogP contribution in [-0.4, -0.2) is 28.4 Å². The van der Waals surface area contributed by atoms with E-state index in [1.165, 1.54) is 6.42 Å². The molecule has 1 aliphatic rings. The van der Waals surface area contributed by atoms with Crippen LogP contribution in [0.2, 0.25) is 15.1 Å². The first-order valence-electron chi connectivity index (χ1n) is 8.80. The molecule has 1 fully saturated rings. The summed E-state index contributed by atoms with van der Waals surface area (Å²) in [5.41, 5.74) is 2.28. The number of halogens is 3. The van der Waals surface area contributed by atoms with Gasteiger partial charge >= 0.3 is 0 Å². The van der Waals surface area contributed by atoms with Crippen molar-refractivity contribution in [2.75, 3.05) is 6.54 Å². The molecule has 4 nitrogen and oxygen atoms in total. The van der Waals surface area contributed by atoms with Gasteiger partial charge in [0.1, 0.15) is 5.52 Å². The van der Waals surface area contributed by atoms with E-state index in [-0.39, 0.29) is 11.9 Å². The minimum atomic E-state index is 0.0254. The Kier molecular flexibility index (Phi) is 5.06. The molecule has 1 aliphatic heterocycles. The van der Waals surface area contributed by atoms with Crippen LogP contribution in [0.25, 0.3) is 22.6 Å². The van der Waals surface area contributed by atoms with Gasteiger partial charge in [0.15, 0.2) is 5.58 Å². The molecule has 1 atom stereocenters. The second-order valence-electron chi connectivity index (χ2n) is 6.79. The van der Waals surface area contributed by atoms with Crippen LogP contribution in [0.3, 0.4) is 0 Å². The van der Waals surface area contributed by atoms with E-state index in [0.717, 1.165) is 19.4 Å². The molecule has 0 saturated carbocycles. The molecular weight excluding hydrogens is 407 g/mol. The molecule has 0 radical (unpaired) electrons. The highest BCUT2D eigenvalue weighted by molar-refractivity contribution is 6.44. The van der Waals surface area contributed by atoms with Gasteiger partial charge in [-0.3, -0.25) is 4.79 Å². The van der Waals surface area contributed by atoms with Crippen molar-refractivity contribution in [3.63, 3.8) is 0 Å². The third-order valence-corrected chi connectivity index (χ3v) is 5.94. The van der Waals surface area contributed by atoms with Crippen LogP contribution < -0.4 is 0 Å². The Labute approximate surface area is 172 Å². The number of piperidine rings is 1. The van der Waals surface area contributed by atoms with Crippen molar-refractivity contribution < 1.29 is 9.21 Å². The van der Waals surface area contributed by atoms with E-state index in [9.17, 15) is 4.79 Å². The molecule has 140 valence electrons. The Balaban J connectivity index is 1.71. The smallest absolute Gasteiger partial charge is 0.254 e. The Morgan fingerprint density at radius 3 is 2.78 bits per heavy atom. The molecule has 1 unspecified atom stereocenters. The van der Waals surface area contributed by atoms with Crippen LogP contribution in [0.1, 0.15) is 36.5 Å². The fourth-order valence-corrected chi connectivity index (χ4v) is 4.14. The van der Waals surface area contributed by atoms with E-state index >= 15 is 0 Å². The lowest BCUT2D eigenvalue weighted by molar-refractivity contribution is 0.0636. The van der Waals surface area contributed by atoms with Crippen LogP contribution in [0.5, 0.6) is 0 Å². The predicted molar refractivity (Wildman–Crippen MR) is 109 cm³/mol. The van der Waals surface area contributed by atoms with Crippen molar-refractivity contribution in [2.45, 2.75) is 32.2 Å². The summed E-state index contributed by atoms with van der Waals surface area (Å²) in [7, 11) is 0. The van der Waals surface area contributed by atoms with E-state index < -0.39 is 0 Å². The van der Waals surface area contributed by atoms with Gasteiger partial charge in [-0.15, -0.1) is 0 Å². The summed E-state index contributed by atoms with van der Waals surface area (Å²) < 4.78 is 5.81. The van der Waals surface area contributed by atoms with E-state index in [0.29, 0.717) is 43.2 Å². The number of amides is 1. The van der Waals surface area contributed by atoms with Gasteiger partial charge in [-0.05, 0) is 56.5 Å². The quantitative estimate of drug-likeness (QED) is 0.444. The lowest BCUT2D eigenvalue weighted by atomic mass is 10.0. The van der Waals surface area contributed by atoms with E-state index in [2.05, 4.69) is 11.9 Å². The van der Waals surface area contributed by atoms with Gasteiger partial charge in [-0.2, -0.15) is 0 Å². The Bertz CT molecular complexity index is 1030. The fourth-order valence-electron chi connectivity index (χ4n) is 3.45. The second-order valence-corrected chi connectivity index (χ2v) is 8.02. The molecule has 27 heavy (non-hydrogen) atoms. The van der Waals surface area contributed by atoms with Crippen LogP contribution in [0, 0.1) is 0 Å². The maximum absolute atomic E-state index is 12.9. The molecule has 2 aromatic carbocycles. The average molecular weight is 424 g/mol. The Morgan fingerprint density at radius 2 is 2.00 bits per heavy atom. The SMILES string of the molecule is CC1CCCCN1C(=O)c1ccc2oc(-c3cc(Cl)cc(Cl)c3Cl)nc2c1. The molecule has 0 bridgehead atoms. The van der Waals surface area contributed by atoms with Gasteiger partial charge in [-0.25, -0.2) is 4.98 Å². The number of rotatable bonds is 2. The van der Waals surface area contributed by atoms with Gasteiger partial charge in [0.25, 0.3) is 5.91 Å². The van der Waals surface area contributed by atoms with Gasteiger partial charge in [0, 0.05) is 23.2 Å². The van der Waals surface area contributed by atoms with Gasteiger partial charge in [0.2, 0.25) is 5.89 Å². The lowest BCUT2D eigenvalue weighted by Crippen LogP contribution is -2.42. The minimum absolute atomic E-state index is 0.0254. The van der Waals surface area contributed by atoms with Crippen LogP contribution in [0.15, 0.2) is 34.7 Å². The standard InChI is InChI=1S/C20H17Cl3N2O2/c1-11-4-2-3-7-25(11)20(26)12-5-6-17-16(8-12)24-19(27-17)14-9-13(21)10-15(22)18(14)23/h5-6,8-11H,2-4,7H2,1H3. The summed E-state index contributed by atoms with van der Waals surface area (Å²) in [5.74, 6) is 0.341. The number of nitrogens with zero attached hydrogens (tertiary/aromatic N) is 2. The minimum Gasteiger partial charge on any atom is -0.436 e. The summed E-state index contributed by atoms with van der Waals surface area (Å²) in [6.07, 6.45) is 3.25. The number of aromatic nitrogens is 1. The molecule has 2 heterocycles. The number of hydrogen-bond donors (Lipinski definition) is 0. The number of likely N-dealkylation sites (tertiary alicyclic amines) is 1. The fraction of sp³-hybridized carbons (Fsp3) is 0.300. The number of carbonyl (C=O) groups excluding carboxylic acids is 1. The molecule has 1 saturated heterocycles. The third-order valence-electron chi connectivity index (χ3n) is 4.92. The molecule has 0 N–H and O–H groups in total. The second kappa shape index (κ2) is 7.34. The topological polar surface area (TPSA) is 46.3 Å². The maximum Gasteiger partial charge on any atom is 0.254 e. The molecular formula is C20H17Cl3N2O2. The highest BCUT2D eigenvalue weighted by Crippen LogP contribution is 2.37. The highest BCUT2D eigenvalue weighted by atomic mass is 35.5. The molecule has 0 spiro atoms. The summed E-state index contributed by atoms with van der Waals surface area (Å²) in [4.78, 5) is 19.3. The van der Waals surface area contributed by atoms with Crippen molar-refractivity contribution in [2.24, 2.45) is 0 Å². The average Bonchev–Trinajstić information content (AvgIpc) is 3.07. The first-order chi connectivity index (χ1) is 12.9. The zero-order valence-electron chi connectivity index (χ0n) is 14.6. The Hall–Kier alpha value is -1.75. The Morgan fingerprint density at radius 1 is 1.19 bits per heavy atom. The highest BCUT2D eigenvalue weighted by Gasteiger charge is 2.25. The van der Waals surface area contributed by atoms with Crippen molar-refractivity contribution in [3.05, 3.63) is 51.0 Å². The molecule has 0 aliphatic carbocycles. The van der Waals surface area contributed by atoms with Gasteiger partial charge < -0.3 is 9.32 Å². The number of oxazole rings is 1. The normalized spacial score (nSPS) is 17.5. The summed E-state index contributed by atoms with van der Waals surface area (Å²) >= 11 is 18.4. The number of fused-ring (bicyclic) bond motifs is 1. The van der Waals surface area contributed by atoms with Crippen molar-refractivity contribution >= 4 is 51.8 Å². The number of benzene rings is 2. The first kappa shape index (κ1) is 18.6. The van der Waals surface area contributed by atoms with E-state index in [4.69, 9.17) is 39.2 Å². The predicted octanol–water partition coefficient (Wildman–Crippen LogP) is 6.47. The molecule has 1 aromatic heterocycles. The third kappa shape index (κ3) is 3.54. The largest absolute Gasteiger partial charge is 0.436 e. The number of carbonyl (C=O) groups is 1. The molecule has 3 aromatic rings. The van der Waals surface area contributed by atoms with Gasteiger partial charge in [0.05, 0.1) is 15.6 Å². The first-order valence-corrected chi connectivity index (χ1v) is 9.94. The zero-order chi connectivity index (χ0) is 19.1. The van der Waals surface area contributed by atoms with Crippen LogP contribution in [-0.2, 0) is 0 Å². The molecule has 4 rings (SSSR count). The van der Waals surface area contributed by atoms with Crippen molar-refractivity contribution in [1.82, 2.24) is 9.88 Å². The van der Waals surface area contributed by atoms with Crippen LogP contribution in [0.4, 0.5) is 0 Å². The summed E-state index contributed by atoms with van der Waals surface area (Å²) in [6, 6.07) is 8.76. The molecule has 1 amide bonds. The van der Waals surface area contributed by atoms with Crippen LogP contribution >= 0.6 is 34.8 Å². The monoisotopic (exact) mass is 422 g/mol. The summed E-state index contributed by atoms with van der Waals surface area (Å²) in [6.45, 7) is 2.88. The van der Waals surface area contributed by atoms with Crippen molar-refractivity contribution in [3.8, 4) is 11.5 Å². The van der Waals surface area contributed by atoms with E-state index in [1.807, 2.05) is 4.90 Å². The zero-order valence-corrected chi connectivity index (χ0v) is 16.9. The lowest BCUT2D eigenvalue weighted by Gasteiger charge is -2.33.